The number of carboxylic acid groups (broad SMARTS) is 1. The number of nitrogens with zero attached hydrogens (tertiary/aromatic N) is 2. The van der Waals surface area contributed by atoms with Gasteiger partial charge < -0.3 is 19.7 Å². The van der Waals surface area contributed by atoms with Crippen molar-refractivity contribution in [1.29, 1.82) is 5.26 Å². The van der Waals surface area contributed by atoms with Gasteiger partial charge in [0, 0.05) is 12.3 Å². The van der Waals surface area contributed by atoms with Crippen molar-refractivity contribution in [3.8, 4) is 11.8 Å². The van der Waals surface area contributed by atoms with E-state index >= 15 is 0 Å². The Morgan fingerprint density at radius 3 is 2.79 bits per heavy atom. The Kier molecular flexibility index (Phi) is 5.31. The van der Waals surface area contributed by atoms with Gasteiger partial charge in [-0.25, -0.2) is 0 Å². The van der Waals surface area contributed by atoms with Gasteiger partial charge in [-0.15, -0.1) is 0 Å². The lowest BCUT2D eigenvalue weighted by Gasteiger charge is -2.09. The fourth-order valence-electron chi connectivity index (χ4n) is 1.88. The summed E-state index contributed by atoms with van der Waals surface area (Å²) in [5, 5.41) is 20.0. The van der Waals surface area contributed by atoms with Gasteiger partial charge in [0.2, 0.25) is 0 Å². The number of aliphatic carboxylic acids is 1. The highest BCUT2D eigenvalue weighted by atomic mass is 16.5. The molecule has 1 aromatic heterocycles. The molecule has 1 aromatic carbocycles. The first-order chi connectivity index (χ1) is 11.5. The molecule has 0 bridgehead atoms. The highest BCUT2D eigenvalue weighted by Gasteiger charge is 2.07. The van der Waals surface area contributed by atoms with Crippen LogP contribution in [0, 0.1) is 11.3 Å². The van der Waals surface area contributed by atoms with Crippen LogP contribution in [0.2, 0.25) is 0 Å². The number of carboxylic acids is 1. The zero-order valence-electron chi connectivity index (χ0n) is 12.4. The van der Waals surface area contributed by atoms with E-state index in [0.717, 1.165) is 10.6 Å². The summed E-state index contributed by atoms with van der Waals surface area (Å²) in [6, 6.07) is 10.8. The van der Waals surface area contributed by atoms with Crippen LogP contribution in [-0.4, -0.2) is 28.2 Å². The van der Waals surface area contributed by atoms with E-state index in [1.54, 1.807) is 18.2 Å². The maximum Gasteiger partial charge on any atom is 0.323 e. The number of aromatic nitrogens is 1. The third-order valence-corrected chi connectivity index (χ3v) is 2.91. The van der Waals surface area contributed by atoms with Gasteiger partial charge in [0.25, 0.3) is 11.5 Å². The lowest BCUT2D eigenvalue weighted by atomic mass is 10.2. The molecule has 0 atom stereocenters. The van der Waals surface area contributed by atoms with Crippen LogP contribution in [0.4, 0.5) is 5.69 Å². The first kappa shape index (κ1) is 16.8. The molecule has 8 nitrogen and oxygen atoms in total. The number of benzene rings is 1. The maximum atomic E-state index is 11.9. The zero-order chi connectivity index (χ0) is 17.5. The van der Waals surface area contributed by atoms with Gasteiger partial charge in [-0.1, -0.05) is 6.07 Å². The minimum Gasteiger partial charge on any atom is -0.484 e. The molecule has 2 rings (SSSR count). The van der Waals surface area contributed by atoms with Gasteiger partial charge in [0.15, 0.2) is 6.61 Å². The molecule has 0 radical (unpaired) electrons. The summed E-state index contributed by atoms with van der Waals surface area (Å²) in [6.07, 6.45) is 1.24. The molecule has 2 N–H and O–H groups in total. The van der Waals surface area contributed by atoms with Gasteiger partial charge in [-0.05, 0) is 24.3 Å². The van der Waals surface area contributed by atoms with E-state index in [4.69, 9.17) is 15.1 Å². The predicted molar refractivity (Wildman–Crippen MR) is 83.6 cm³/mol. The number of carbonyl (C=O) groups is 2. The molecule has 2 aromatic rings. The number of ether oxygens (including phenoxy) is 1. The summed E-state index contributed by atoms with van der Waals surface area (Å²) in [5.74, 6) is -1.28. The molecule has 0 aliphatic heterocycles. The van der Waals surface area contributed by atoms with Crippen LogP contribution < -0.4 is 15.6 Å². The number of hydrogen-bond acceptors (Lipinski definition) is 5. The Labute approximate surface area is 136 Å². The number of nitriles is 1. The number of amides is 1. The van der Waals surface area contributed by atoms with Crippen LogP contribution in [0.1, 0.15) is 5.56 Å². The van der Waals surface area contributed by atoms with Crippen LogP contribution >= 0.6 is 0 Å². The molecule has 0 unspecified atom stereocenters. The molecule has 1 heterocycles. The zero-order valence-corrected chi connectivity index (χ0v) is 12.4. The Morgan fingerprint density at radius 1 is 1.29 bits per heavy atom. The third kappa shape index (κ3) is 4.71. The second kappa shape index (κ2) is 7.60. The largest absolute Gasteiger partial charge is 0.484 e. The van der Waals surface area contributed by atoms with E-state index in [1.165, 1.54) is 18.3 Å². The smallest absolute Gasteiger partial charge is 0.323 e. The standard InChI is InChI=1S/C16H13N3O5/c17-7-11-2-1-3-13(6-11)24-10-14(20)18-12-4-5-15(21)19(8-12)9-16(22)23/h1-6,8H,9-10H2,(H,18,20)(H,22,23). The van der Waals surface area contributed by atoms with Crippen LogP contribution in [0.5, 0.6) is 5.75 Å². The molecule has 1 amide bonds. The molecule has 122 valence electrons. The summed E-state index contributed by atoms with van der Waals surface area (Å²) in [4.78, 5) is 34.0. The minimum atomic E-state index is -1.17. The van der Waals surface area contributed by atoms with E-state index in [2.05, 4.69) is 5.32 Å². The van der Waals surface area contributed by atoms with Crippen molar-refractivity contribution in [2.24, 2.45) is 0 Å². The van der Waals surface area contributed by atoms with E-state index in [9.17, 15) is 14.4 Å². The van der Waals surface area contributed by atoms with Crippen molar-refractivity contribution in [3.05, 3.63) is 58.5 Å². The fourth-order valence-corrected chi connectivity index (χ4v) is 1.88. The van der Waals surface area contributed by atoms with Gasteiger partial charge >= 0.3 is 5.97 Å². The topological polar surface area (TPSA) is 121 Å². The van der Waals surface area contributed by atoms with Crippen molar-refractivity contribution in [3.63, 3.8) is 0 Å². The summed E-state index contributed by atoms with van der Waals surface area (Å²) < 4.78 is 6.24. The first-order valence-electron chi connectivity index (χ1n) is 6.83. The summed E-state index contributed by atoms with van der Waals surface area (Å²) in [7, 11) is 0. The predicted octanol–water partition coefficient (Wildman–Crippen LogP) is 0.822. The monoisotopic (exact) mass is 327 g/mol. The second-order valence-corrected chi connectivity index (χ2v) is 4.75. The summed E-state index contributed by atoms with van der Waals surface area (Å²) >= 11 is 0. The number of nitrogens with one attached hydrogen (secondary N) is 1. The van der Waals surface area contributed by atoms with E-state index < -0.39 is 24.0 Å². The first-order valence-corrected chi connectivity index (χ1v) is 6.83. The average Bonchev–Trinajstić information content (AvgIpc) is 2.56. The SMILES string of the molecule is N#Cc1cccc(OCC(=O)Nc2ccc(=O)n(CC(=O)O)c2)c1. The van der Waals surface area contributed by atoms with Crippen molar-refractivity contribution in [1.82, 2.24) is 4.57 Å². The van der Waals surface area contributed by atoms with E-state index in [1.807, 2.05) is 6.07 Å². The molecule has 0 spiro atoms. The minimum absolute atomic E-state index is 0.273. The number of rotatable bonds is 6. The molecule has 8 heteroatoms. The fraction of sp³-hybridized carbons (Fsp3) is 0.125. The lowest BCUT2D eigenvalue weighted by Crippen LogP contribution is -2.25. The quantitative estimate of drug-likeness (QED) is 0.810. The van der Waals surface area contributed by atoms with Crippen LogP contribution in [0.15, 0.2) is 47.4 Å². The molecular formula is C16H13N3O5. The summed E-state index contributed by atoms with van der Waals surface area (Å²) in [5.41, 5.74) is 0.198. The average molecular weight is 327 g/mol. The van der Waals surface area contributed by atoms with Crippen LogP contribution in [0.3, 0.4) is 0 Å². The third-order valence-electron chi connectivity index (χ3n) is 2.91. The molecule has 0 aliphatic carbocycles. The number of carbonyl (C=O) groups excluding carboxylic acids is 1. The van der Waals surface area contributed by atoms with Gasteiger partial charge in [-0.3, -0.25) is 14.4 Å². The van der Waals surface area contributed by atoms with Crippen molar-refractivity contribution in [2.75, 3.05) is 11.9 Å². The highest BCUT2D eigenvalue weighted by Crippen LogP contribution is 2.12. The highest BCUT2D eigenvalue weighted by molar-refractivity contribution is 5.91. The van der Waals surface area contributed by atoms with Crippen LogP contribution in [0.25, 0.3) is 0 Å². The van der Waals surface area contributed by atoms with Gasteiger partial charge in [0.05, 0.1) is 17.3 Å². The number of anilines is 1. The van der Waals surface area contributed by atoms with E-state index in [-0.39, 0.29) is 12.3 Å². The van der Waals surface area contributed by atoms with Gasteiger partial charge in [-0.2, -0.15) is 5.26 Å². The maximum absolute atomic E-state index is 11.9. The van der Waals surface area contributed by atoms with Crippen molar-refractivity contribution >= 4 is 17.6 Å². The van der Waals surface area contributed by atoms with Crippen LogP contribution in [-0.2, 0) is 16.1 Å². The number of hydrogen-bond donors (Lipinski definition) is 2. The second-order valence-electron chi connectivity index (χ2n) is 4.75. The Bertz CT molecular complexity index is 867. The van der Waals surface area contributed by atoms with Crippen molar-refractivity contribution < 1.29 is 19.4 Å². The molecule has 0 saturated heterocycles. The molecule has 0 saturated carbocycles. The molecule has 24 heavy (non-hydrogen) atoms. The molecule has 0 fully saturated rings. The molecule has 0 aliphatic rings. The Hall–Kier alpha value is -3.60. The number of pyridine rings is 1. The van der Waals surface area contributed by atoms with E-state index in [0.29, 0.717) is 11.3 Å². The molecular weight excluding hydrogens is 314 g/mol. The summed E-state index contributed by atoms with van der Waals surface area (Å²) in [6.45, 7) is -0.799. The Morgan fingerprint density at radius 2 is 2.08 bits per heavy atom. The van der Waals surface area contributed by atoms with Crippen molar-refractivity contribution in [2.45, 2.75) is 6.54 Å². The van der Waals surface area contributed by atoms with Gasteiger partial charge in [0.1, 0.15) is 12.3 Å². The normalized spacial score (nSPS) is 9.79. The lowest BCUT2D eigenvalue weighted by molar-refractivity contribution is -0.137. The Balaban J connectivity index is 1.98.